The zero-order valence-corrected chi connectivity index (χ0v) is 16.9. The van der Waals surface area contributed by atoms with E-state index in [-0.39, 0.29) is 17.9 Å². The molecule has 1 heterocycles. The zero-order chi connectivity index (χ0) is 21.7. The Hall–Kier alpha value is -3.88. The highest BCUT2D eigenvalue weighted by Crippen LogP contribution is 2.27. The van der Waals surface area contributed by atoms with Crippen LogP contribution in [-0.4, -0.2) is 35.3 Å². The lowest BCUT2D eigenvalue weighted by Crippen LogP contribution is -2.44. The summed E-state index contributed by atoms with van der Waals surface area (Å²) in [6, 6.07) is 12.0. The maximum Gasteiger partial charge on any atom is 0.290 e. The highest BCUT2D eigenvalue weighted by atomic mass is 16.5. The summed E-state index contributed by atoms with van der Waals surface area (Å²) < 4.78 is 11.9. The summed E-state index contributed by atoms with van der Waals surface area (Å²) in [6.07, 6.45) is 0. The van der Waals surface area contributed by atoms with Crippen LogP contribution in [0.5, 0.6) is 11.5 Å². The number of nitrogens with one attached hydrogen (secondary N) is 2. The van der Waals surface area contributed by atoms with E-state index >= 15 is 0 Å². The smallest absolute Gasteiger partial charge is 0.290 e. The molecule has 3 rings (SSSR count). The Morgan fingerprint density at radius 2 is 1.80 bits per heavy atom. The van der Waals surface area contributed by atoms with E-state index in [0.717, 1.165) is 5.56 Å². The molecule has 30 heavy (non-hydrogen) atoms. The molecule has 0 fully saturated rings. The number of hydrogen-bond donors (Lipinski definition) is 2. The first-order valence-electron chi connectivity index (χ1n) is 9.31. The maximum absolute atomic E-state index is 12.6. The molecule has 9 heteroatoms. The van der Waals surface area contributed by atoms with Crippen LogP contribution in [0.15, 0.2) is 47.3 Å². The maximum atomic E-state index is 12.6. The first kappa shape index (κ1) is 20.8. The van der Waals surface area contributed by atoms with Crippen molar-refractivity contribution in [3.05, 3.63) is 64.1 Å². The summed E-state index contributed by atoms with van der Waals surface area (Å²) in [4.78, 5) is 37.0. The van der Waals surface area contributed by atoms with E-state index in [1.807, 2.05) is 13.0 Å². The van der Waals surface area contributed by atoms with Crippen molar-refractivity contribution in [1.82, 2.24) is 20.6 Å². The van der Waals surface area contributed by atoms with Crippen molar-refractivity contribution in [2.24, 2.45) is 0 Å². The normalized spacial score (nSPS) is 10.5. The van der Waals surface area contributed by atoms with Gasteiger partial charge in [-0.3, -0.25) is 25.2 Å². The van der Waals surface area contributed by atoms with E-state index in [2.05, 4.69) is 16.0 Å². The first-order valence-corrected chi connectivity index (χ1v) is 9.31. The second-order valence-electron chi connectivity index (χ2n) is 6.46. The average Bonchev–Trinajstić information content (AvgIpc) is 2.77. The molecule has 0 saturated carbocycles. The Kier molecular flexibility index (Phi) is 6.31. The van der Waals surface area contributed by atoms with Gasteiger partial charge in [0.2, 0.25) is 0 Å². The number of methoxy groups -OCH3 is 1. The lowest BCUT2D eigenvalue weighted by atomic mass is 10.1. The molecule has 9 nitrogen and oxygen atoms in total. The molecule has 0 aliphatic carbocycles. The molecule has 0 radical (unpaired) electrons. The fourth-order valence-electron chi connectivity index (χ4n) is 2.88. The third kappa shape index (κ3) is 4.40. The molecule has 0 aliphatic heterocycles. The fourth-order valence-corrected chi connectivity index (χ4v) is 2.88. The van der Waals surface area contributed by atoms with Crippen LogP contribution in [0.4, 0.5) is 0 Å². The number of rotatable bonds is 6. The van der Waals surface area contributed by atoms with Crippen LogP contribution in [-0.2, 0) is 11.3 Å². The van der Waals surface area contributed by atoms with Crippen molar-refractivity contribution in [2.45, 2.75) is 20.4 Å². The van der Waals surface area contributed by atoms with Gasteiger partial charge in [-0.25, -0.2) is 4.68 Å². The number of hydrazine groups is 1. The van der Waals surface area contributed by atoms with Gasteiger partial charge in [0.15, 0.2) is 23.8 Å². The first-order chi connectivity index (χ1) is 14.4. The number of benzene rings is 2. The molecule has 0 spiro atoms. The summed E-state index contributed by atoms with van der Waals surface area (Å²) in [7, 11) is 1.51. The highest BCUT2D eigenvalue weighted by Gasteiger charge is 2.17. The molecule has 3 aromatic rings. The lowest BCUT2D eigenvalue weighted by Gasteiger charge is -2.12. The number of hydrogen-bond acceptors (Lipinski definition) is 6. The topological polar surface area (TPSA) is 112 Å². The molecule has 156 valence electrons. The van der Waals surface area contributed by atoms with Gasteiger partial charge in [-0.2, -0.15) is 5.10 Å². The monoisotopic (exact) mass is 410 g/mol. The molecule has 2 N–H and O–H groups in total. The summed E-state index contributed by atoms with van der Waals surface area (Å²) in [5.41, 5.74) is 5.34. The summed E-state index contributed by atoms with van der Waals surface area (Å²) >= 11 is 0. The van der Waals surface area contributed by atoms with Crippen molar-refractivity contribution < 1.29 is 19.1 Å². The number of fused-ring (bicyclic) bond motifs is 1. The van der Waals surface area contributed by atoms with Crippen molar-refractivity contribution in [3.8, 4) is 11.5 Å². The Labute approximate surface area is 172 Å². The van der Waals surface area contributed by atoms with E-state index in [1.54, 1.807) is 43.3 Å². The number of aromatic nitrogens is 2. The molecule has 0 unspecified atom stereocenters. The van der Waals surface area contributed by atoms with Crippen molar-refractivity contribution in [2.75, 3.05) is 13.7 Å². The van der Waals surface area contributed by atoms with Crippen LogP contribution in [0.3, 0.4) is 0 Å². The SMILES string of the molecule is CCn1nc(C(=O)NNC(=O)COc2ccc(C)cc2OC)c2ccccc2c1=O. The van der Waals surface area contributed by atoms with E-state index < -0.39 is 11.8 Å². The number of carbonyl (C=O) groups is 2. The number of amides is 2. The number of nitrogens with zero attached hydrogens (tertiary/aromatic N) is 2. The quantitative estimate of drug-likeness (QED) is 0.597. The minimum atomic E-state index is -0.644. The van der Waals surface area contributed by atoms with Crippen LogP contribution in [0.1, 0.15) is 23.0 Å². The molecule has 0 saturated heterocycles. The van der Waals surface area contributed by atoms with Gasteiger partial charge in [0, 0.05) is 11.9 Å². The third-order valence-corrected chi connectivity index (χ3v) is 4.38. The van der Waals surface area contributed by atoms with E-state index in [9.17, 15) is 14.4 Å². The molecule has 0 atom stereocenters. The van der Waals surface area contributed by atoms with Gasteiger partial charge in [-0.05, 0) is 37.6 Å². The van der Waals surface area contributed by atoms with E-state index in [0.29, 0.717) is 28.8 Å². The van der Waals surface area contributed by atoms with Crippen LogP contribution in [0.2, 0.25) is 0 Å². The van der Waals surface area contributed by atoms with E-state index in [1.165, 1.54) is 11.8 Å². The third-order valence-electron chi connectivity index (χ3n) is 4.38. The standard InChI is InChI=1S/C21H22N4O5/c1-4-25-21(28)15-8-6-5-7-14(15)19(24-25)20(27)23-22-18(26)12-30-16-10-9-13(2)11-17(16)29-3/h5-11H,4,12H2,1-3H3,(H,22,26)(H,23,27). The second kappa shape index (κ2) is 9.08. The Morgan fingerprint density at radius 1 is 1.07 bits per heavy atom. The van der Waals surface area contributed by atoms with Gasteiger partial charge in [-0.15, -0.1) is 0 Å². The predicted octanol–water partition coefficient (Wildman–Crippen LogP) is 1.57. The average molecular weight is 410 g/mol. The molecule has 1 aromatic heterocycles. The largest absolute Gasteiger partial charge is 0.493 e. The zero-order valence-electron chi connectivity index (χ0n) is 16.9. The van der Waals surface area contributed by atoms with Crippen LogP contribution >= 0.6 is 0 Å². The summed E-state index contributed by atoms with van der Waals surface area (Å²) in [5, 5.41) is 4.89. The second-order valence-corrected chi connectivity index (χ2v) is 6.46. The molecular formula is C21H22N4O5. The van der Waals surface area contributed by atoms with Crippen molar-refractivity contribution in [3.63, 3.8) is 0 Å². The van der Waals surface area contributed by atoms with E-state index in [4.69, 9.17) is 9.47 Å². The highest BCUT2D eigenvalue weighted by molar-refractivity contribution is 6.05. The molecular weight excluding hydrogens is 388 g/mol. The van der Waals surface area contributed by atoms with Gasteiger partial charge in [0.05, 0.1) is 12.5 Å². The number of carbonyl (C=O) groups excluding carboxylic acids is 2. The Balaban J connectivity index is 1.68. The van der Waals surface area contributed by atoms with Crippen LogP contribution < -0.4 is 25.9 Å². The molecule has 0 aliphatic rings. The predicted molar refractivity (Wildman–Crippen MR) is 111 cm³/mol. The van der Waals surface area contributed by atoms with Gasteiger partial charge in [-0.1, -0.05) is 24.3 Å². The van der Waals surface area contributed by atoms with Gasteiger partial charge in [0.1, 0.15) is 0 Å². The number of aryl methyl sites for hydroxylation is 2. The summed E-state index contributed by atoms with van der Waals surface area (Å²) in [5.74, 6) is -0.301. The van der Waals surface area contributed by atoms with Crippen LogP contribution in [0, 0.1) is 6.92 Å². The number of ether oxygens (including phenoxy) is 2. The van der Waals surface area contributed by atoms with Crippen LogP contribution in [0.25, 0.3) is 10.8 Å². The minimum absolute atomic E-state index is 0.0356. The minimum Gasteiger partial charge on any atom is -0.493 e. The lowest BCUT2D eigenvalue weighted by molar-refractivity contribution is -0.123. The van der Waals surface area contributed by atoms with Crippen molar-refractivity contribution >= 4 is 22.6 Å². The van der Waals surface area contributed by atoms with Gasteiger partial charge in [0.25, 0.3) is 17.4 Å². The molecule has 2 aromatic carbocycles. The van der Waals surface area contributed by atoms with Gasteiger partial charge < -0.3 is 9.47 Å². The fraction of sp³-hybridized carbons (Fsp3) is 0.238. The van der Waals surface area contributed by atoms with Gasteiger partial charge >= 0.3 is 0 Å². The molecule has 2 amide bonds. The Bertz CT molecular complexity index is 1160. The van der Waals surface area contributed by atoms with Crippen molar-refractivity contribution in [1.29, 1.82) is 0 Å². The Morgan fingerprint density at radius 3 is 2.50 bits per heavy atom. The molecule has 0 bridgehead atoms. The summed E-state index contributed by atoms with van der Waals surface area (Å²) in [6.45, 7) is 3.64.